The SMILES string of the molecule is CCCCNC(=S)N[C@@H]1C=C[C@]2(O[C@H]([C@@H](CC)C(=O)[C@@H](C)[C@@H](O)[C@H](C)[C@@H]3O[C@@H]([C@@H](CC)C(=O)O)CC[C@@H]3C)[C@@H](C)C[C@H]2C)O[C@@]12CC[C@@](C)([C@H]1CC[C@](O)(CC)[C@H](C)O1)O2. The van der Waals surface area contributed by atoms with Gasteiger partial charge in [-0.05, 0) is 108 Å². The fourth-order valence-corrected chi connectivity index (χ4v) is 11.5. The Kier molecular flexibility index (Phi) is 16.4. The van der Waals surface area contributed by atoms with E-state index in [1.165, 1.54) is 0 Å². The van der Waals surface area contributed by atoms with Crippen LogP contribution in [-0.4, -0.2) is 104 Å². The van der Waals surface area contributed by atoms with Gasteiger partial charge in [0, 0.05) is 36.6 Å². The van der Waals surface area contributed by atoms with Crippen LogP contribution in [0.25, 0.3) is 0 Å². The summed E-state index contributed by atoms with van der Waals surface area (Å²) in [6.07, 6.45) is 9.46. The van der Waals surface area contributed by atoms with Gasteiger partial charge >= 0.3 is 5.97 Å². The highest BCUT2D eigenvalue weighted by molar-refractivity contribution is 7.80. The molecule has 4 saturated heterocycles. The summed E-state index contributed by atoms with van der Waals surface area (Å²) in [4.78, 5) is 26.7. The van der Waals surface area contributed by atoms with Crippen LogP contribution in [0.4, 0.5) is 0 Å². The maximum Gasteiger partial charge on any atom is 0.309 e. The van der Waals surface area contributed by atoms with Crippen molar-refractivity contribution in [2.24, 2.45) is 41.4 Å². The first-order valence-corrected chi connectivity index (χ1v) is 23.9. The van der Waals surface area contributed by atoms with Gasteiger partial charge in [0.1, 0.15) is 11.8 Å². The first-order valence-electron chi connectivity index (χ1n) is 23.5. The molecule has 0 aromatic rings. The molecule has 0 bridgehead atoms. The van der Waals surface area contributed by atoms with Crippen molar-refractivity contribution in [3.63, 3.8) is 0 Å². The predicted molar refractivity (Wildman–Crippen MR) is 235 cm³/mol. The minimum atomic E-state index is -1.20. The lowest BCUT2D eigenvalue weighted by Gasteiger charge is -2.55. The molecule has 5 aliphatic heterocycles. The van der Waals surface area contributed by atoms with Gasteiger partial charge in [-0.1, -0.05) is 74.8 Å². The first-order chi connectivity index (χ1) is 28.2. The third-order valence-corrected chi connectivity index (χ3v) is 15.8. The topological polar surface area (TPSA) is 165 Å². The average molecular weight is 865 g/mol. The molecule has 0 radical (unpaired) electrons. The highest BCUT2D eigenvalue weighted by Gasteiger charge is 2.63. The van der Waals surface area contributed by atoms with Gasteiger partial charge in [-0.2, -0.15) is 0 Å². The molecular weight excluding hydrogens is 785 g/mol. The molecule has 60 heavy (non-hydrogen) atoms. The van der Waals surface area contributed by atoms with Crippen LogP contribution in [0.2, 0.25) is 0 Å². The molecule has 0 unspecified atom stereocenters. The first kappa shape index (κ1) is 49.3. The minimum absolute atomic E-state index is 0.0223. The zero-order valence-corrected chi connectivity index (χ0v) is 39.4. The number of Topliss-reactive ketones (excluding diaryl/α,β-unsaturated/α-hetero) is 1. The van der Waals surface area contributed by atoms with E-state index in [1.807, 2.05) is 40.7 Å². The Hall–Kier alpha value is -1.71. The maximum absolute atomic E-state index is 14.7. The zero-order valence-electron chi connectivity index (χ0n) is 38.5. The van der Waals surface area contributed by atoms with Gasteiger partial charge in [0.05, 0.1) is 53.7 Å². The Bertz CT molecular complexity index is 1520. The largest absolute Gasteiger partial charge is 0.481 e. The molecule has 12 nitrogen and oxygen atoms in total. The van der Waals surface area contributed by atoms with Crippen LogP contribution in [0.3, 0.4) is 0 Å². The van der Waals surface area contributed by atoms with E-state index >= 15 is 0 Å². The highest BCUT2D eigenvalue weighted by Crippen LogP contribution is 2.54. The number of thiocarbonyl (C=S) groups is 1. The fraction of sp³-hybridized carbons (Fsp3) is 0.894. The van der Waals surface area contributed by atoms with Crippen LogP contribution < -0.4 is 10.6 Å². The summed E-state index contributed by atoms with van der Waals surface area (Å²) in [7, 11) is 0. The number of nitrogens with one attached hydrogen (secondary N) is 2. The van der Waals surface area contributed by atoms with E-state index in [1.54, 1.807) is 6.92 Å². The number of carbonyl (C=O) groups excluding carboxylic acids is 1. The van der Waals surface area contributed by atoms with Crippen molar-refractivity contribution in [3.8, 4) is 0 Å². The Morgan fingerprint density at radius 2 is 1.62 bits per heavy atom. The summed E-state index contributed by atoms with van der Waals surface area (Å²) in [5.41, 5.74) is -1.59. The number of carboxylic acid groups (broad SMARTS) is 1. The molecule has 18 atom stereocenters. The lowest BCUT2D eigenvalue weighted by atomic mass is 9.72. The smallest absolute Gasteiger partial charge is 0.309 e. The van der Waals surface area contributed by atoms with Crippen LogP contribution in [0.1, 0.15) is 153 Å². The van der Waals surface area contributed by atoms with Crippen molar-refractivity contribution in [1.29, 1.82) is 0 Å². The van der Waals surface area contributed by atoms with Gasteiger partial charge < -0.3 is 49.6 Å². The number of rotatable bonds is 16. The number of carbonyl (C=O) groups is 2. The normalized spacial score (nSPS) is 42.0. The highest BCUT2D eigenvalue weighted by atomic mass is 32.1. The van der Waals surface area contributed by atoms with Gasteiger partial charge in [0.15, 0.2) is 16.7 Å². The number of hydrogen-bond acceptors (Lipinski definition) is 10. The number of aliphatic carboxylic acids is 1. The Morgan fingerprint density at radius 3 is 2.23 bits per heavy atom. The van der Waals surface area contributed by atoms with Crippen LogP contribution in [0.5, 0.6) is 0 Å². The Morgan fingerprint density at radius 1 is 0.917 bits per heavy atom. The molecule has 0 aromatic heterocycles. The molecule has 5 aliphatic rings. The quantitative estimate of drug-likeness (QED) is 0.0591. The standard InChI is InChI=1S/C47H80N2O10S/c1-12-16-25-48-43(60)49-36-19-22-46(59-47(36)24-23-44(11,58-47)37-20-21-45(54,15-4)32(10)55-37)29(7)26-28(6)41(57-46)34(14-3)39(51)30(8)38(50)31(9)40-27(5)17-18-35(56-40)33(13-2)42(52)53/h19,22,27-38,40-41,50,54H,12-18,20-21,23-26H2,1-11H3,(H,52,53)(H2,48,49,60)/t27-,28-,29+,30-,31-,32-,33+,34-,35+,36+,37+,38+,40+,41-,44-,45+,46-,47-/m0/s1. The molecule has 5 N–H and O–H groups in total. The van der Waals surface area contributed by atoms with E-state index in [-0.39, 0.29) is 41.8 Å². The van der Waals surface area contributed by atoms with Crippen LogP contribution in [-0.2, 0) is 33.3 Å². The number of ether oxygens (including phenoxy) is 5. The summed E-state index contributed by atoms with van der Waals surface area (Å²) in [6, 6.07) is -0.443. The predicted octanol–water partition coefficient (Wildman–Crippen LogP) is 7.46. The summed E-state index contributed by atoms with van der Waals surface area (Å²) >= 11 is 5.79. The van der Waals surface area contributed by atoms with Gasteiger partial charge in [-0.3, -0.25) is 9.59 Å². The molecule has 2 spiro atoms. The summed E-state index contributed by atoms with van der Waals surface area (Å²) in [5, 5.41) is 40.3. The average Bonchev–Trinajstić information content (AvgIpc) is 3.55. The van der Waals surface area contributed by atoms with E-state index in [4.69, 9.17) is 35.9 Å². The molecule has 0 aliphatic carbocycles. The van der Waals surface area contributed by atoms with Crippen molar-refractivity contribution in [1.82, 2.24) is 10.6 Å². The molecule has 5 rings (SSSR count). The van der Waals surface area contributed by atoms with E-state index in [0.717, 1.165) is 32.2 Å². The lowest BCUT2D eigenvalue weighted by molar-refractivity contribution is -0.397. The van der Waals surface area contributed by atoms with Crippen molar-refractivity contribution >= 4 is 29.1 Å². The molecule has 0 amide bonds. The fourth-order valence-electron chi connectivity index (χ4n) is 11.2. The van der Waals surface area contributed by atoms with E-state index in [0.29, 0.717) is 56.5 Å². The summed E-state index contributed by atoms with van der Waals surface area (Å²) in [6.45, 7) is 22.8. The minimum Gasteiger partial charge on any atom is -0.481 e. The van der Waals surface area contributed by atoms with Crippen molar-refractivity contribution < 1.29 is 48.6 Å². The maximum atomic E-state index is 14.7. The Balaban J connectivity index is 1.38. The number of carboxylic acids is 1. The molecule has 13 heteroatoms. The second kappa shape index (κ2) is 20.0. The molecule has 5 heterocycles. The summed E-state index contributed by atoms with van der Waals surface area (Å²) in [5.74, 6) is -5.48. The van der Waals surface area contributed by atoms with Gasteiger partial charge in [-0.25, -0.2) is 0 Å². The third-order valence-electron chi connectivity index (χ3n) is 15.6. The third kappa shape index (κ3) is 9.98. The van der Waals surface area contributed by atoms with E-state index < -0.39 is 76.8 Å². The summed E-state index contributed by atoms with van der Waals surface area (Å²) < 4.78 is 34.8. The van der Waals surface area contributed by atoms with Crippen molar-refractivity contribution in [2.75, 3.05) is 6.54 Å². The van der Waals surface area contributed by atoms with Gasteiger partial charge in [0.25, 0.3) is 0 Å². The Labute approximate surface area is 366 Å². The number of aliphatic hydroxyl groups is 2. The molecule has 4 fully saturated rings. The van der Waals surface area contributed by atoms with Gasteiger partial charge in [-0.15, -0.1) is 0 Å². The number of ketones is 1. The van der Waals surface area contributed by atoms with E-state index in [9.17, 15) is 24.9 Å². The second-order valence-electron chi connectivity index (χ2n) is 19.7. The van der Waals surface area contributed by atoms with Crippen molar-refractivity contribution in [2.45, 2.75) is 219 Å². The van der Waals surface area contributed by atoms with Crippen LogP contribution in [0, 0.1) is 41.4 Å². The zero-order chi connectivity index (χ0) is 44.4. The monoisotopic (exact) mass is 865 g/mol. The van der Waals surface area contributed by atoms with Crippen LogP contribution >= 0.6 is 12.2 Å². The number of hydrogen-bond donors (Lipinski definition) is 5. The molecular formula is C47H80N2O10S. The molecule has 0 aromatic carbocycles. The number of unbranched alkanes of at least 4 members (excludes halogenated alkanes) is 1. The van der Waals surface area contributed by atoms with E-state index in [2.05, 4.69) is 51.3 Å². The second-order valence-corrected chi connectivity index (χ2v) is 20.1. The van der Waals surface area contributed by atoms with Gasteiger partial charge in [0.2, 0.25) is 0 Å². The van der Waals surface area contributed by atoms with Crippen LogP contribution in [0.15, 0.2) is 12.2 Å². The number of aliphatic hydroxyl groups excluding tert-OH is 1. The lowest BCUT2D eigenvalue weighted by Crippen LogP contribution is -2.66. The molecule has 0 saturated carbocycles. The van der Waals surface area contributed by atoms with Crippen molar-refractivity contribution in [3.05, 3.63) is 12.2 Å². The molecule has 344 valence electrons.